The summed E-state index contributed by atoms with van der Waals surface area (Å²) in [6.07, 6.45) is 9.22. The monoisotopic (exact) mass is 249 g/mol. The predicted octanol–water partition coefficient (Wildman–Crippen LogP) is 3.21. The molecule has 0 aliphatic heterocycles. The Hall–Kier alpha value is -0.830. The van der Waals surface area contributed by atoms with E-state index >= 15 is 0 Å². The largest absolute Gasteiger partial charge is 0.334 e. The number of rotatable bonds is 5. The predicted molar refractivity (Wildman–Crippen MR) is 75.3 cm³/mol. The highest BCUT2D eigenvalue weighted by molar-refractivity contribution is 4.93. The van der Waals surface area contributed by atoms with Crippen molar-refractivity contribution in [1.82, 2.24) is 14.9 Å². The van der Waals surface area contributed by atoms with Crippen LogP contribution in [-0.2, 0) is 13.1 Å². The second-order valence-corrected chi connectivity index (χ2v) is 5.92. The molecule has 102 valence electrons. The van der Waals surface area contributed by atoms with E-state index in [2.05, 4.69) is 41.8 Å². The minimum absolute atomic E-state index is 0.674. The van der Waals surface area contributed by atoms with Gasteiger partial charge in [0.1, 0.15) is 5.82 Å². The van der Waals surface area contributed by atoms with Crippen LogP contribution < -0.4 is 5.32 Å². The summed E-state index contributed by atoms with van der Waals surface area (Å²) in [6, 6.07) is 0.674. The molecule has 2 rings (SSSR count). The van der Waals surface area contributed by atoms with Gasteiger partial charge in [-0.3, -0.25) is 0 Å². The van der Waals surface area contributed by atoms with E-state index in [4.69, 9.17) is 0 Å². The molecule has 1 saturated carbocycles. The Balaban J connectivity index is 1.85. The molecule has 1 heterocycles. The van der Waals surface area contributed by atoms with E-state index in [0.29, 0.717) is 6.04 Å². The van der Waals surface area contributed by atoms with Gasteiger partial charge in [-0.05, 0) is 37.5 Å². The first kappa shape index (κ1) is 13.6. The number of aromatic nitrogens is 2. The maximum absolute atomic E-state index is 4.46. The van der Waals surface area contributed by atoms with Crippen molar-refractivity contribution in [3.8, 4) is 0 Å². The summed E-state index contributed by atoms with van der Waals surface area (Å²) in [5, 5.41) is 3.71. The third-order valence-corrected chi connectivity index (χ3v) is 4.22. The molecule has 0 spiro atoms. The summed E-state index contributed by atoms with van der Waals surface area (Å²) in [6.45, 7) is 8.96. The van der Waals surface area contributed by atoms with Crippen LogP contribution in [0.15, 0.2) is 12.4 Å². The van der Waals surface area contributed by atoms with E-state index in [9.17, 15) is 0 Å². The number of imidazole rings is 1. The highest BCUT2D eigenvalue weighted by atomic mass is 15.1. The third kappa shape index (κ3) is 3.35. The highest BCUT2D eigenvalue weighted by Gasteiger charge is 2.24. The smallest absolute Gasteiger partial charge is 0.122 e. The molecule has 3 unspecified atom stereocenters. The molecule has 0 aromatic carbocycles. The standard InChI is InChI=1S/C15H27N3/c1-4-8-18-9-7-16-15(18)11-17-14-6-5-12(2)10-13(14)3/h7,9,12-14,17H,4-6,8,10-11H2,1-3H3. The molecule has 1 fully saturated rings. The molecule has 3 nitrogen and oxygen atoms in total. The molecular weight excluding hydrogens is 222 g/mol. The van der Waals surface area contributed by atoms with Crippen molar-refractivity contribution < 1.29 is 0 Å². The van der Waals surface area contributed by atoms with Gasteiger partial charge in [0.05, 0.1) is 6.54 Å². The molecule has 18 heavy (non-hydrogen) atoms. The fourth-order valence-corrected chi connectivity index (χ4v) is 3.14. The molecule has 0 amide bonds. The number of nitrogens with zero attached hydrogens (tertiary/aromatic N) is 2. The quantitative estimate of drug-likeness (QED) is 0.868. The van der Waals surface area contributed by atoms with E-state index in [1.54, 1.807) is 0 Å². The van der Waals surface area contributed by atoms with Crippen molar-refractivity contribution >= 4 is 0 Å². The maximum Gasteiger partial charge on any atom is 0.122 e. The van der Waals surface area contributed by atoms with E-state index in [1.807, 2.05) is 6.20 Å². The van der Waals surface area contributed by atoms with Crippen LogP contribution >= 0.6 is 0 Å². The Labute approximate surface area is 111 Å². The van der Waals surface area contributed by atoms with Crippen LogP contribution in [0.4, 0.5) is 0 Å². The zero-order valence-electron chi connectivity index (χ0n) is 12.0. The van der Waals surface area contributed by atoms with Gasteiger partial charge in [-0.1, -0.05) is 20.8 Å². The molecule has 1 aliphatic carbocycles. The van der Waals surface area contributed by atoms with E-state index < -0.39 is 0 Å². The van der Waals surface area contributed by atoms with Crippen LogP contribution in [0.1, 0.15) is 52.3 Å². The number of aryl methyl sites for hydroxylation is 1. The lowest BCUT2D eigenvalue weighted by Gasteiger charge is -2.33. The van der Waals surface area contributed by atoms with Gasteiger partial charge in [-0.15, -0.1) is 0 Å². The van der Waals surface area contributed by atoms with Gasteiger partial charge in [-0.2, -0.15) is 0 Å². The van der Waals surface area contributed by atoms with Crippen LogP contribution in [0, 0.1) is 11.8 Å². The molecule has 1 N–H and O–H groups in total. The summed E-state index contributed by atoms with van der Waals surface area (Å²) in [5.74, 6) is 2.88. The molecule has 3 heteroatoms. The molecule has 1 aromatic rings. The minimum Gasteiger partial charge on any atom is -0.334 e. The van der Waals surface area contributed by atoms with Crippen molar-refractivity contribution in [2.24, 2.45) is 11.8 Å². The number of hydrogen-bond donors (Lipinski definition) is 1. The second kappa shape index (κ2) is 6.37. The van der Waals surface area contributed by atoms with Crippen molar-refractivity contribution in [1.29, 1.82) is 0 Å². The van der Waals surface area contributed by atoms with Crippen molar-refractivity contribution in [2.45, 2.75) is 65.6 Å². The molecule has 0 bridgehead atoms. The third-order valence-electron chi connectivity index (χ3n) is 4.22. The van der Waals surface area contributed by atoms with E-state index in [1.165, 1.54) is 31.5 Å². The van der Waals surface area contributed by atoms with Gasteiger partial charge >= 0.3 is 0 Å². The van der Waals surface area contributed by atoms with Crippen LogP contribution in [0.2, 0.25) is 0 Å². The number of hydrogen-bond acceptors (Lipinski definition) is 2. The van der Waals surface area contributed by atoms with Crippen molar-refractivity contribution in [2.75, 3.05) is 0 Å². The zero-order valence-corrected chi connectivity index (χ0v) is 12.0. The molecule has 1 aliphatic rings. The van der Waals surface area contributed by atoms with Crippen LogP contribution in [0.5, 0.6) is 0 Å². The SMILES string of the molecule is CCCn1ccnc1CNC1CCC(C)CC1C. The Kier molecular flexibility index (Phi) is 4.81. The summed E-state index contributed by atoms with van der Waals surface area (Å²) < 4.78 is 2.27. The zero-order chi connectivity index (χ0) is 13.0. The summed E-state index contributed by atoms with van der Waals surface area (Å²) in [4.78, 5) is 4.46. The normalized spacial score (nSPS) is 28.5. The Morgan fingerprint density at radius 1 is 1.39 bits per heavy atom. The second-order valence-electron chi connectivity index (χ2n) is 5.92. The highest BCUT2D eigenvalue weighted by Crippen LogP contribution is 2.28. The summed E-state index contributed by atoms with van der Waals surface area (Å²) >= 11 is 0. The van der Waals surface area contributed by atoms with Gasteiger partial charge in [0, 0.05) is 25.0 Å². The first-order valence-electron chi connectivity index (χ1n) is 7.44. The molecule has 1 aromatic heterocycles. The minimum atomic E-state index is 0.674. The van der Waals surface area contributed by atoms with Gasteiger partial charge < -0.3 is 9.88 Å². The molecule has 0 radical (unpaired) electrons. The average molecular weight is 249 g/mol. The fraction of sp³-hybridized carbons (Fsp3) is 0.800. The molecule has 0 saturated heterocycles. The average Bonchev–Trinajstić information content (AvgIpc) is 2.76. The lowest BCUT2D eigenvalue weighted by molar-refractivity contribution is 0.225. The van der Waals surface area contributed by atoms with E-state index in [-0.39, 0.29) is 0 Å². The van der Waals surface area contributed by atoms with E-state index in [0.717, 1.165) is 24.9 Å². The summed E-state index contributed by atoms with van der Waals surface area (Å²) in [5.41, 5.74) is 0. The number of nitrogens with one attached hydrogen (secondary N) is 1. The topological polar surface area (TPSA) is 29.9 Å². The van der Waals surface area contributed by atoms with Crippen molar-refractivity contribution in [3.63, 3.8) is 0 Å². The van der Waals surface area contributed by atoms with Gasteiger partial charge in [0.15, 0.2) is 0 Å². The Morgan fingerprint density at radius 2 is 2.22 bits per heavy atom. The Bertz CT molecular complexity index is 358. The van der Waals surface area contributed by atoms with Gasteiger partial charge in [0.25, 0.3) is 0 Å². The van der Waals surface area contributed by atoms with Crippen LogP contribution in [0.25, 0.3) is 0 Å². The van der Waals surface area contributed by atoms with Gasteiger partial charge in [-0.25, -0.2) is 4.98 Å². The molecular formula is C15H27N3. The fourth-order valence-electron chi connectivity index (χ4n) is 3.14. The first-order chi connectivity index (χ1) is 8.70. The Morgan fingerprint density at radius 3 is 2.94 bits per heavy atom. The van der Waals surface area contributed by atoms with Crippen LogP contribution in [0.3, 0.4) is 0 Å². The van der Waals surface area contributed by atoms with Crippen LogP contribution in [-0.4, -0.2) is 15.6 Å². The van der Waals surface area contributed by atoms with Gasteiger partial charge in [0.2, 0.25) is 0 Å². The molecule has 3 atom stereocenters. The summed E-state index contributed by atoms with van der Waals surface area (Å²) in [7, 11) is 0. The first-order valence-corrected chi connectivity index (χ1v) is 7.44. The van der Waals surface area contributed by atoms with Crippen molar-refractivity contribution in [3.05, 3.63) is 18.2 Å². The lowest BCUT2D eigenvalue weighted by Crippen LogP contribution is -2.39. The maximum atomic E-state index is 4.46. The lowest BCUT2D eigenvalue weighted by atomic mass is 9.80.